The smallest absolute Gasteiger partial charge is 0.341 e. The number of pyridine rings is 1. The van der Waals surface area contributed by atoms with E-state index in [2.05, 4.69) is 6.92 Å². The Morgan fingerprint density at radius 1 is 1.35 bits per heavy atom. The van der Waals surface area contributed by atoms with Gasteiger partial charge in [0.25, 0.3) is 0 Å². The number of rotatable bonds is 4. The van der Waals surface area contributed by atoms with Gasteiger partial charge < -0.3 is 25.0 Å². The molecule has 2 heterocycles. The molecular weight excluding hydrogens is 408 g/mol. The number of nitrogens with zero attached hydrogens (tertiary/aromatic N) is 2. The molecule has 5 rings (SSSR count). The lowest BCUT2D eigenvalue weighted by Gasteiger charge is -2.31. The van der Waals surface area contributed by atoms with E-state index in [1.54, 1.807) is 0 Å². The first-order valence-corrected chi connectivity index (χ1v) is 10.5. The fourth-order valence-electron chi connectivity index (χ4n) is 5.61. The number of hydrogen-bond acceptors (Lipinski definition) is 5. The van der Waals surface area contributed by atoms with Crippen LogP contribution in [0.2, 0.25) is 0 Å². The van der Waals surface area contributed by atoms with Crippen LogP contribution in [0.3, 0.4) is 0 Å². The molecule has 2 aromatic rings. The average molecular weight is 433 g/mol. The molecule has 7 nitrogen and oxygen atoms in total. The number of nitrogens with two attached hydrogens (primary N) is 1. The first kappa shape index (κ1) is 20.2. The van der Waals surface area contributed by atoms with Crippen molar-refractivity contribution < 1.29 is 23.4 Å². The number of carboxylic acid groups (broad SMARTS) is 1. The van der Waals surface area contributed by atoms with E-state index in [-0.39, 0.29) is 34.2 Å². The van der Waals surface area contributed by atoms with Crippen molar-refractivity contribution in [2.24, 2.45) is 11.1 Å². The van der Waals surface area contributed by atoms with Gasteiger partial charge in [0.05, 0.1) is 24.1 Å². The molecule has 0 unspecified atom stereocenters. The van der Waals surface area contributed by atoms with Gasteiger partial charge >= 0.3 is 5.97 Å². The second-order valence-corrected chi connectivity index (χ2v) is 9.47. The predicted molar refractivity (Wildman–Crippen MR) is 111 cm³/mol. The quantitative estimate of drug-likeness (QED) is 0.770. The number of carboxylic acids is 1. The number of aromatic nitrogens is 1. The van der Waals surface area contributed by atoms with Crippen molar-refractivity contribution >= 4 is 22.6 Å². The summed E-state index contributed by atoms with van der Waals surface area (Å²) in [5.74, 6) is -2.02. The summed E-state index contributed by atoms with van der Waals surface area (Å²) < 4.78 is 36.5. The number of ether oxygens (including phenoxy) is 1. The molecule has 2 aliphatic carbocycles. The van der Waals surface area contributed by atoms with Crippen LogP contribution in [0.15, 0.2) is 17.1 Å². The maximum atomic E-state index is 15.5. The van der Waals surface area contributed by atoms with Crippen LogP contribution in [-0.4, -0.2) is 47.6 Å². The van der Waals surface area contributed by atoms with Gasteiger partial charge in [-0.25, -0.2) is 13.6 Å². The molecule has 0 bridgehead atoms. The Labute approximate surface area is 177 Å². The fourth-order valence-corrected chi connectivity index (χ4v) is 5.61. The van der Waals surface area contributed by atoms with Crippen molar-refractivity contribution in [3.8, 4) is 5.75 Å². The summed E-state index contributed by atoms with van der Waals surface area (Å²) in [6.45, 7) is 3.09. The molecule has 4 atom stereocenters. The molecule has 3 N–H and O–H groups in total. The van der Waals surface area contributed by atoms with Crippen molar-refractivity contribution in [2.75, 3.05) is 25.1 Å². The molecule has 0 radical (unpaired) electrons. The topological polar surface area (TPSA) is 97.8 Å². The fraction of sp³-hybridized carbons (Fsp3) is 0.545. The van der Waals surface area contributed by atoms with E-state index in [1.807, 2.05) is 4.90 Å². The zero-order valence-electron chi connectivity index (χ0n) is 17.5. The summed E-state index contributed by atoms with van der Waals surface area (Å²) in [5.41, 5.74) is 5.12. The molecule has 1 aliphatic heterocycles. The summed E-state index contributed by atoms with van der Waals surface area (Å²) in [6.07, 6.45) is 2.98. The SMILES string of the molecule is COc1c(N2C[C@@]3(C)CCC[C@]3(N)C2)c(F)cc2c(=O)c(C(=O)O)cn([C@@H]3C[C@@H]3F)c12. The van der Waals surface area contributed by atoms with Crippen LogP contribution in [0, 0.1) is 11.2 Å². The molecule has 0 amide bonds. The molecular formula is C22H25F2N3O4. The first-order valence-electron chi connectivity index (χ1n) is 10.5. The van der Waals surface area contributed by atoms with E-state index in [4.69, 9.17) is 10.5 Å². The molecule has 2 saturated carbocycles. The van der Waals surface area contributed by atoms with Crippen LogP contribution in [0.1, 0.15) is 49.0 Å². The van der Waals surface area contributed by atoms with Gasteiger partial charge in [0.2, 0.25) is 5.43 Å². The molecule has 31 heavy (non-hydrogen) atoms. The van der Waals surface area contributed by atoms with E-state index in [0.29, 0.717) is 13.1 Å². The van der Waals surface area contributed by atoms with Gasteiger partial charge in [0.15, 0.2) is 11.6 Å². The van der Waals surface area contributed by atoms with Crippen LogP contribution >= 0.6 is 0 Å². The molecule has 3 fully saturated rings. The summed E-state index contributed by atoms with van der Waals surface area (Å²) >= 11 is 0. The summed E-state index contributed by atoms with van der Waals surface area (Å²) in [4.78, 5) is 26.3. The lowest BCUT2D eigenvalue weighted by atomic mass is 9.77. The Morgan fingerprint density at radius 2 is 2.06 bits per heavy atom. The molecule has 166 valence electrons. The Hall–Kier alpha value is -2.68. The maximum Gasteiger partial charge on any atom is 0.341 e. The molecule has 0 spiro atoms. The zero-order valence-corrected chi connectivity index (χ0v) is 17.5. The van der Waals surface area contributed by atoms with Gasteiger partial charge in [0.1, 0.15) is 17.4 Å². The van der Waals surface area contributed by atoms with Crippen molar-refractivity contribution in [3.05, 3.63) is 33.9 Å². The van der Waals surface area contributed by atoms with Gasteiger partial charge in [-0.2, -0.15) is 0 Å². The van der Waals surface area contributed by atoms with Crippen LogP contribution in [-0.2, 0) is 0 Å². The summed E-state index contributed by atoms with van der Waals surface area (Å²) in [6, 6.07) is 0.429. The Morgan fingerprint density at radius 3 is 2.65 bits per heavy atom. The molecule has 1 aromatic carbocycles. The van der Waals surface area contributed by atoms with Crippen molar-refractivity contribution in [1.29, 1.82) is 0 Å². The summed E-state index contributed by atoms with van der Waals surface area (Å²) in [7, 11) is 1.37. The standard InChI is InChI=1S/C22H25F2N3O4/c1-21-4-3-5-22(21,25)10-26(9-21)17-14(24)6-11-16(19(17)31-2)27(15-7-13(15)23)8-12(18(11)28)20(29)30/h6,8,13,15H,3-5,7,9-10,25H2,1-2H3,(H,29,30)/t13-,15+,21+,22-/m0/s1. The van der Waals surface area contributed by atoms with Crippen LogP contribution in [0.4, 0.5) is 14.5 Å². The number of methoxy groups -OCH3 is 1. The highest BCUT2D eigenvalue weighted by Crippen LogP contribution is 2.53. The third-order valence-electron chi connectivity index (χ3n) is 7.55. The third kappa shape index (κ3) is 2.71. The number of aromatic carboxylic acids is 1. The number of hydrogen-bond donors (Lipinski definition) is 2. The highest BCUT2D eigenvalue weighted by Gasteiger charge is 2.56. The number of anilines is 1. The van der Waals surface area contributed by atoms with E-state index >= 15 is 4.39 Å². The first-order chi connectivity index (χ1) is 14.6. The van der Waals surface area contributed by atoms with E-state index in [0.717, 1.165) is 31.5 Å². The number of fused-ring (bicyclic) bond motifs is 2. The minimum absolute atomic E-state index is 0.107. The van der Waals surface area contributed by atoms with Gasteiger partial charge in [-0.05, 0) is 18.9 Å². The Bertz CT molecular complexity index is 1160. The monoisotopic (exact) mass is 433 g/mol. The number of alkyl halides is 1. The second kappa shape index (κ2) is 6.41. The Kier molecular flexibility index (Phi) is 4.19. The van der Waals surface area contributed by atoms with Crippen LogP contribution in [0.5, 0.6) is 5.75 Å². The summed E-state index contributed by atoms with van der Waals surface area (Å²) in [5, 5.41) is 9.30. The van der Waals surface area contributed by atoms with Crippen molar-refractivity contribution in [3.63, 3.8) is 0 Å². The number of benzene rings is 1. The molecule has 1 aromatic heterocycles. The average Bonchev–Trinajstić information content (AvgIpc) is 3.26. The minimum atomic E-state index is -1.44. The highest BCUT2D eigenvalue weighted by molar-refractivity contribution is 5.97. The Balaban J connectivity index is 1.77. The van der Waals surface area contributed by atoms with E-state index in [9.17, 15) is 19.1 Å². The van der Waals surface area contributed by atoms with Crippen molar-refractivity contribution in [1.82, 2.24) is 4.57 Å². The lowest BCUT2D eigenvalue weighted by molar-refractivity contribution is 0.0694. The number of halogens is 2. The molecule has 1 saturated heterocycles. The molecule has 9 heteroatoms. The second-order valence-electron chi connectivity index (χ2n) is 9.47. The largest absolute Gasteiger partial charge is 0.492 e. The minimum Gasteiger partial charge on any atom is -0.492 e. The lowest BCUT2D eigenvalue weighted by Crippen LogP contribution is -2.49. The maximum absolute atomic E-state index is 15.5. The highest BCUT2D eigenvalue weighted by atomic mass is 19.1. The van der Waals surface area contributed by atoms with Gasteiger partial charge in [0, 0.05) is 36.7 Å². The van der Waals surface area contributed by atoms with Crippen LogP contribution < -0.4 is 20.8 Å². The third-order valence-corrected chi connectivity index (χ3v) is 7.55. The van der Waals surface area contributed by atoms with Gasteiger partial charge in [-0.3, -0.25) is 4.79 Å². The number of carbonyl (C=O) groups is 1. The van der Waals surface area contributed by atoms with E-state index < -0.39 is 40.5 Å². The van der Waals surface area contributed by atoms with Gasteiger partial charge in [-0.15, -0.1) is 0 Å². The normalized spacial score (nSPS) is 31.8. The van der Waals surface area contributed by atoms with Crippen molar-refractivity contribution in [2.45, 2.75) is 50.4 Å². The zero-order chi connectivity index (χ0) is 22.3. The predicted octanol–water partition coefficient (Wildman–Crippen LogP) is 2.84. The van der Waals surface area contributed by atoms with Gasteiger partial charge in [-0.1, -0.05) is 13.3 Å². The van der Waals surface area contributed by atoms with Crippen LogP contribution in [0.25, 0.3) is 10.9 Å². The van der Waals surface area contributed by atoms with E-state index in [1.165, 1.54) is 11.7 Å². The molecule has 3 aliphatic rings.